The second-order valence-corrected chi connectivity index (χ2v) is 9.41. The summed E-state index contributed by atoms with van der Waals surface area (Å²) in [7, 11) is 2.33. The van der Waals surface area contributed by atoms with Crippen LogP contribution in [0.4, 0.5) is 0 Å². The number of ether oxygens (including phenoxy) is 2. The van der Waals surface area contributed by atoms with Crippen molar-refractivity contribution in [2.45, 2.75) is 63.5 Å². The van der Waals surface area contributed by atoms with E-state index in [0.29, 0.717) is 26.2 Å². The Bertz CT molecular complexity index is 796. The Morgan fingerprint density at radius 2 is 0.972 bits per heavy atom. The Hall–Kier alpha value is -3.18. The molecule has 0 bridgehead atoms. The lowest BCUT2D eigenvalue weighted by molar-refractivity contribution is -0.170. The van der Waals surface area contributed by atoms with Crippen molar-refractivity contribution in [2.75, 3.05) is 53.5 Å². The average molecular weight is 509 g/mol. The van der Waals surface area contributed by atoms with E-state index in [2.05, 4.69) is 0 Å². The van der Waals surface area contributed by atoms with Crippen molar-refractivity contribution in [3.05, 3.63) is 0 Å². The number of hydrogen-bond donors (Lipinski definition) is 0. The molecule has 3 rings (SSSR count). The maximum atomic E-state index is 13.7. The predicted molar refractivity (Wildman–Crippen MR) is 125 cm³/mol. The summed E-state index contributed by atoms with van der Waals surface area (Å²) < 4.78 is 9.47. The third-order valence-electron chi connectivity index (χ3n) is 7.09. The maximum Gasteiger partial charge on any atom is 0.308 e. The van der Waals surface area contributed by atoms with Crippen molar-refractivity contribution in [1.29, 1.82) is 0 Å². The number of amides is 4. The third-order valence-corrected chi connectivity index (χ3v) is 7.09. The standard InChI is InChI=1S/C24H36N4O8/c1-35-21(31)13-17-23(33)28(16-20(30)26-11-7-4-8-12-26)18(14-22(32)36-2)24(34)27(17)15-19(29)25-9-5-3-6-10-25/h17-18H,3-16H2,1-2H3/t17-,18-/m0/s1. The lowest BCUT2D eigenvalue weighted by atomic mass is 9.98. The van der Waals surface area contributed by atoms with Crippen LogP contribution in [0.15, 0.2) is 0 Å². The van der Waals surface area contributed by atoms with Gasteiger partial charge < -0.3 is 29.1 Å². The SMILES string of the molecule is COC(=O)C[C@H]1C(=O)N(CC(=O)N2CCCCC2)[C@@H](CC(=O)OC)C(=O)N1CC(=O)N1CCCCC1. The second kappa shape index (κ2) is 12.7. The molecule has 0 aromatic rings. The number of methoxy groups -OCH3 is 2. The molecule has 12 nitrogen and oxygen atoms in total. The van der Waals surface area contributed by atoms with E-state index < -0.39 is 61.8 Å². The molecular formula is C24H36N4O8. The quantitative estimate of drug-likeness (QED) is 0.403. The van der Waals surface area contributed by atoms with E-state index in [1.54, 1.807) is 9.80 Å². The molecule has 0 radical (unpaired) electrons. The molecule has 3 aliphatic rings. The Balaban J connectivity index is 1.89. The normalized spacial score (nSPS) is 22.9. The molecule has 200 valence electrons. The van der Waals surface area contributed by atoms with E-state index in [9.17, 15) is 28.8 Å². The summed E-state index contributed by atoms with van der Waals surface area (Å²) in [5, 5.41) is 0. The van der Waals surface area contributed by atoms with Gasteiger partial charge in [-0.2, -0.15) is 0 Å². The minimum atomic E-state index is -1.32. The van der Waals surface area contributed by atoms with Gasteiger partial charge in [0.25, 0.3) is 0 Å². The monoisotopic (exact) mass is 508 g/mol. The van der Waals surface area contributed by atoms with Crippen molar-refractivity contribution >= 4 is 35.6 Å². The molecular weight excluding hydrogens is 472 g/mol. The molecule has 12 heteroatoms. The Labute approximate surface area is 210 Å². The van der Waals surface area contributed by atoms with Gasteiger partial charge >= 0.3 is 11.9 Å². The number of carbonyl (C=O) groups excluding carboxylic acids is 6. The fraction of sp³-hybridized carbons (Fsp3) is 0.750. The van der Waals surface area contributed by atoms with Gasteiger partial charge in [-0.3, -0.25) is 28.8 Å². The molecule has 3 aliphatic heterocycles. The molecule has 0 aromatic heterocycles. The third kappa shape index (κ3) is 6.52. The Kier molecular flexibility index (Phi) is 9.65. The number of hydrogen-bond acceptors (Lipinski definition) is 8. The van der Waals surface area contributed by atoms with E-state index in [1.807, 2.05) is 0 Å². The molecule has 0 aliphatic carbocycles. The van der Waals surface area contributed by atoms with Gasteiger partial charge in [0.05, 0.1) is 27.1 Å². The molecule has 0 unspecified atom stereocenters. The molecule has 0 N–H and O–H groups in total. The summed E-state index contributed by atoms with van der Waals surface area (Å²) in [6.07, 6.45) is 4.49. The first kappa shape index (κ1) is 27.4. The van der Waals surface area contributed by atoms with Gasteiger partial charge in [-0.15, -0.1) is 0 Å². The highest BCUT2D eigenvalue weighted by molar-refractivity contribution is 6.03. The largest absolute Gasteiger partial charge is 0.469 e. The average Bonchev–Trinajstić information content (AvgIpc) is 2.91. The summed E-state index contributed by atoms with van der Waals surface area (Å²) in [5.41, 5.74) is 0. The van der Waals surface area contributed by atoms with Crippen LogP contribution in [0.25, 0.3) is 0 Å². The van der Waals surface area contributed by atoms with Crippen LogP contribution in [0.3, 0.4) is 0 Å². The number of piperazine rings is 1. The highest BCUT2D eigenvalue weighted by atomic mass is 16.5. The van der Waals surface area contributed by atoms with E-state index in [1.165, 1.54) is 14.2 Å². The fourth-order valence-electron chi connectivity index (χ4n) is 4.99. The van der Waals surface area contributed by atoms with Gasteiger partial charge in [-0.1, -0.05) is 0 Å². The van der Waals surface area contributed by atoms with Crippen LogP contribution in [0.2, 0.25) is 0 Å². The fourth-order valence-corrected chi connectivity index (χ4v) is 4.99. The number of esters is 2. The van der Waals surface area contributed by atoms with Crippen LogP contribution < -0.4 is 0 Å². The van der Waals surface area contributed by atoms with Crippen LogP contribution in [0.1, 0.15) is 51.4 Å². The molecule has 4 amide bonds. The highest BCUT2D eigenvalue weighted by Gasteiger charge is 2.49. The molecule has 3 heterocycles. The van der Waals surface area contributed by atoms with E-state index in [-0.39, 0.29) is 11.8 Å². The molecule has 3 fully saturated rings. The minimum Gasteiger partial charge on any atom is -0.469 e. The second-order valence-electron chi connectivity index (χ2n) is 9.41. The molecule has 0 aromatic carbocycles. The van der Waals surface area contributed by atoms with Crippen LogP contribution in [-0.2, 0) is 38.2 Å². The van der Waals surface area contributed by atoms with Crippen molar-refractivity contribution < 1.29 is 38.2 Å². The van der Waals surface area contributed by atoms with Gasteiger partial charge in [0.1, 0.15) is 25.2 Å². The molecule has 0 spiro atoms. The van der Waals surface area contributed by atoms with Gasteiger partial charge in [0.15, 0.2) is 0 Å². The van der Waals surface area contributed by atoms with Crippen LogP contribution in [0.5, 0.6) is 0 Å². The molecule has 2 atom stereocenters. The predicted octanol–water partition coefficient (Wildman–Crippen LogP) is -0.454. The number of rotatable bonds is 8. The minimum absolute atomic E-state index is 0.333. The van der Waals surface area contributed by atoms with Gasteiger partial charge in [0.2, 0.25) is 23.6 Å². The lowest BCUT2D eigenvalue weighted by Crippen LogP contribution is -2.68. The zero-order chi connectivity index (χ0) is 26.2. The summed E-state index contributed by atoms with van der Waals surface area (Å²) in [6.45, 7) is 1.41. The maximum absolute atomic E-state index is 13.7. The number of likely N-dealkylation sites (tertiary alicyclic amines) is 2. The van der Waals surface area contributed by atoms with Crippen molar-refractivity contribution in [3.8, 4) is 0 Å². The van der Waals surface area contributed by atoms with E-state index in [0.717, 1.165) is 48.3 Å². The molecule has 36 heavy (non-hydrogen) atoms. The number of nitrogens with zero attached hydrogens (tertiary/aromatic N) is 4. The topological polar surface area (TPSA) is 134 Å². The van der Waals surface area contributed by atoms with E-state index in [4.69, 9.17) is 9.47 Å². The number of carbonyl (C=O) groups is 6. The molecule has 0 saturated carbocycles. The van der Waals surface area contributed by atoms with Crippen molar-refractivity contribution in [1.82, 2.24) is 19.6 Å². The summed E-state index contributed by atoms with van der Waals surface area (Å²) >= 11 is 0. The number of piperidine rings is 2. The van der Waals surface area contributed by atoms with Gasteiger partial charge in [-0.05, 0) is 38.5 Å². The van der Waals surface area contributed by atoms with E-state index >= 15 is 0 Å². The van der Waals surface area contributed by atoms with Gasteiger partial charge in [0, 0.05) is 26.2 Å². The van der Waals surface area contributed by atoms with Crippen LogP contribution in [-0.4, -0.2) is 121 Å². The van der Waals surface area contributed by atoms with Crippen LogP contribution in [0, 0.1) is 0 Å². The highest BCUT2D eigenvalue weighted by Crippen LogP contribution is 2.25. The summed E-state index contributed by atoms with van der Waals surface area (Å²) in [4.78, 5) is 83.1. The summed E-state index contributed by atoms with van der Waals surface area (Å²) in [6, 6.07) is -2.64. The summed E-state index contributed by atoms with van der Waals surface area (Å²) in [5.74, 6) is -3.48. The van der Waals surface area contributed by atoms with Crippen LogP contribution >= 0.6 is 0 Å². The van der Waals surface area contributed by atoms with Crippen molar-refractivity contribution in [3.63, 3.8) is 0 Å². The first-order chi connectivity index (χ1) is 17.3. The van der Waals surface area contributed by atoms with Gasteiger partial charge in [-0.25, -0.2) is 0 Å². The Morgan fingerprint density at radius 3 is 1.28 bits per heavy atom. The zero-order valence-corrected chi connectivity index (χ0v) is 21.1. The lowest BCUT2D eigenvalue weighted by Gasteiger charge is -2.45. The first-order valence-corrected chi connectivity index (χ1v) is 12.6. The smallest absolute Gasteiger partial charge is 0.308 e. The molecule has 3 saturated heterocycles. The zero-order valence-electron chi connectivity index (χ0n) is 21.1. The Morgan fingerprint density at radius 1 is 0.639 bits per heavy atom. The first-order valence-electron chi connectivity index (χ1n) is 12.6. The van der Waals surface area contributed by atoms with Crippen molar-refractivity contribution in [2.24, 2.45) is 0 Å².